The predicted octanol–water partition coefficient (Wildman–Crippen LogP) is 13.7. The van der Waals surface area contributed by atoms with Crippen LogP contribution in [0.4, 0.5) is 17.1 Å². The highest BCUT2D eigenvalue weighted by Crippen LogP contribution is 2.58. The van der Waals surface area contributed by atoms with Crippen molar-refractivity contribution in [2.75, 3.05) is 4.90 Å². The summed E-state index contributed by atoms with van der Waals surface area (Å²) in [6, 6.07) is 68.8. The number of benzene rings is 8. The average molecular weight is 692 g/mol. The topological polar surface area (TPSA) is 16.4 Å². The van der Waals surface area contributed by atoms with E-state index in [-0.39, 0.29) is 5.41 Å². The number of furan rings is 1. The van der Waals surface area contributed by atoms with Crippen molar-refractivity contribution >= 4 is 39.0 Å². The van der Waals surface area contributed by atoms with E-state index in [4.69, 9.17) is 4.42 Å². The molecule has 8 aromatic carbocycles. The van der Waals surface area contributed by atoms with Gasteiger partial charge in [-0.25, -0.2) is 0 Å². The molecule has 256 valence electrons. The first-order chi connectivity index (χ1) is 26.6. The summed E-state index contributed by atoms with van der Waals surface area (Å²) in [6.45, 7) is 4.70. The summed E-state index contributed by atoms with van der Waals surface area (Å²) in [5, 5.41) is 2.24. The Kier molecular flexibility index (Phi) is 6.55. The molecule has 1 heterocycles. The van der Waals surface area contributed by atoms with Gasteiger partial charge in [-0.15, -0.1) is 0 Å². The molecule has 0 fully saturated rings. The Hall–Kier alpha value is -6.64. The zero-order chi connectivity index (χ0) is 36.0. The van der Waals surface area contributed by atoms with E-state index in [1.807, 2.05) is 0 Å². The largest absolute Gasteiger partial charge is 0.456 e. The molecule has 1 aromatic heterocycles. The summed E-state index contributed by atoms with van der Waals surface area (Å²) in [7, 11) is 0. The fourth-order valence-corrected chi connectivity index (χ4v) is 9.87. The van der Waals surface area contributed by atoms with E-state index in [2.05, 4.69) is 207 Å². The molecule has 2 nitrogen and oxygen atoms in total. The van der Waals surface area contributed by atoms with Crippen LogP contribution in [0.2, 0.25) is 0 Å². The second-order valence-electron chi connectivity index (χ2n) is 15.2. The number of fused-ring (bicyclic) bond motifs is 9. The minimum absolute atomic E-state index is 0.108. The van der Waals surface area contributed by atoms with Crippen LogP contribution in [-0.2, 0) is 10.8 Å². The van der Waals surface area contributed by atoms with Gasteiger partial charge in [-0.1, -0.05) is 159 Å². The molecule has 0 N–H and O–H groups in total. The second kappa shape index (κ2) is 11.4. The lowest BCUT2D eigenvalue weighted by atomic mass is 9.66. The van der Waals surface area contributed by atoms with Gasteiger partial charge in [0.2, 0.25) is 0 Å². The molecule has 54 heavy (non-hydrogen) atoms. The van der Waals surface area contributed by atoms with Crippen molar-refractivity contribution in [3.63, 3.8) is 0 Å². The summed E-state index contributed by atoms with van der Waals surface area (Å²) in [5.74, 6) is 0. The fraction of sp³-hybridized carbons (Fsp3) is 0.0769. The monoisotopic (exact) mass is 691 g/mol. The van der Waals surface area contributed by atoms with Crippen molar-refractivity contribution in [1.29, 1.82) is 0 Å². The van der Waals surface area contributed by atoms with Gasteiger partial charge in [0, 0.05) is 33.1 Å². The smallest absolute Gasteiger partial charge is 0.135 e. The molecule has 0 saturated carbocycles. The summed E-state index contributed by atoms with van der Waals surface area (Å²) in [6.07, 6.45) is 0. The van der Waals surface area contributed by atoms with Crippen LogP contribution in [0.3, 0.4) is 0 Å². The van der Waals surface area contributed by atoms with Gasteiger partial charge in [-0.3, -0.25) is 0 Å². The fourth-order valence-electron chi connectivity index (χ4n) is 9.87. The molecule has 0 spiro atoms. The van der Waals surface area contributed by atoms with Gasteiger partial charge < -0.3 is 9.32 Å². The molecule has 0 atom stereocenters. The highest BCUT2D eigenvalue weighted by molar-refractivity contribution is 6.10. The number of anilines is 3. The van der Waals surface area contributed by atoms with E-state index in [9.17, 15) is 0 Å². The van der Waals surface area contributed by atoms with Crippen LogP contribution in [0.1, 0.15) is 47.2 Å². The first kappa shape index (κ1) is 30.9. The van der Waals surface area contributed by atoms with E-state index in [0.29, 0.717) is 0 Å². The van der Waals surface area contributed by atoms with Crippen molar-refractivity contribution in [3.05, 3.63) is 221 Å². The molecule has 0 radical (unpaired) electrons. The maximum Gasteiger partial charge on any atom is 0.135 e. The molecule has 0 bridgehead atoms. The Morgan fingerprint density at radius 2 is 1.00 bits per heavy atom. The van der Waals surface area contributed by atoms with Crippen molar-refractivity contribution < 1.29 is 4.42 Å². The van der Waals surface area contributed by atoms with E-state index < -0.39 is 5.41 Å². The molecular weight excluding hydrogens is 655 g/mol. The SMILES string of the molecule is CC1(C)c2ccccc2-c2c(N(c3ccccc3)c3ccc4oc5cccc(C6(c7ccccc7)c7ccccc7-c7ccccc76)c5c4c3)cccc21. The third-order valence-corrected chi connectivity index (χ3v) is 12.1. The van der Waals surface area contributed by atoms with Crippen molar-refractivity contribution in [3.8, 4) is 22.3 Å². The van der Waals surface area contributed by atoms with Gasteiger partial charge in [-0.2, -0.15) is 0 Å². The van der Waals surface area contributed by atoms with Crippen molar-refractivity contribution in [2.45, 2.75) is 24.7 Å². The zero-order valence-corrected chi connectivity index (χ0v) is 30.3. The number of hydrogen-bond donors (Lipinski definition) is 0. The van der Waals surface area contributed by atoms with Crippen LogP contribution in [0, 0.1) is 0 Å². The van der Waals surface area contributed by atoms with Gasteiger partial charge in [-0.05, 0) is 92.5 Å². The molecule has 2 heteroatoms. The van der Waals surface area contributed by atoms with Gasteiger partial charge >= 0.3 is 0 Å². The first-order valence-electron chi connectivity index (χ1n) is 18.9. The zero-order valence-electron chi connectivity index (χ0n) is 30.3. The Morgan fingerprint density at radius 1 is 0.426 bits per heavy atom. The van der Waals surface area contributed by atoms with Gasteiger partial charge in [0.1, 0.15) is 11.2 Å². The third kappa shape index (κ3) is 4.11. The van der Waals surface area contributed by atoms with E-state index in [0.717, 1.165) is 33.3 Å². The van der Waals surface area contributed by atoms with E-state index in [1.165, 1.54) is 61.3 Å². The summed E-state index contributed by atoms with van der Waals surface area (Å²) < 4.78 is 6.78. The molecule has 0 unspecified atom stereocenters. The van der Waals surface area contributed by atoms with Crippen LogP contribution >= 0.6 is 0 Å². The highest BCUT2D eigenvalue weighted by atomic mass is 16.3. The Morgan fingerprint density at radius 3 is 1.72 bits per heavy atom. The lowest BCUT2D eigenvalue weighted by molar-refractivity contribution is 0.660. The Bertz CT molecular complexity index is 2870. The van der Waals surface area contributed by atoms with Gasteiger partial charge in [0.05, 0.1) is 11.1 Å². The Balaban J connectivity index is 1.22. The van der Waals surface area contributed by atoms with Crippen LogP contribution in [0.5, 0.6) is 0 Å². The second-order valence-corrected chi connectivity index (χ2v) is 15.2. The van der Waals surface area contributed by atoms with E-state index >= 15 is 0 Å². The van der Waals surface area contributed by atoms with Crippen LogP contribution < -0.4 is 4.90 Å². The van der Waals surface area contributed by atoms with Crippen molar-refractivity contribution in [2.24, 2.45) is 0 Å². The maximum atomic E-state index is 6.78. The maximum absolute atomic E-state index is 6.78. The number of rotatable bonds is 5. The highest BCUT2D eigenvalue weighted by Gasteiger charge is 2.47. The molecule has 11 rings (SSSR count). The number of nitrogens with zero attached hydrogens (tertiary/aromatic N) is 1. The Labute approximate surface area is 315 Å². The third-order valence-electron chi connectivity index (χ3n) is 12.1. The summed E-state index contributed by atoms with van der Waals surface area (Å²) in [5.41, 5.74) is 17.4. The molecule has 2 aliphatic carbocycles. The molecule has 9 aromatic rings. The van der Waals surface area contributed by atoms with Crippen LogP contribution in [0.15, 0.2) is 192 Å². The molecule has 0 amide bonds. The molecule has 0 saturated heterocycles. The molecular formula is C52H37NO. The van der Waals surface area contributed by atoms with Crippen LogP contribution in [0.25, 0.3) is 44.2 Å². The minimum Gasteiger partial charge on any atom is -0.456 e. The van der Waals surface area contributed by atoms with Gasteiger partial charge in [0.25, 0.3) is 0 Å². The quantitative estimate of drug-likeness (QED) is 0.179. The number of hydrogen-bond acceptors (Lipinski definition) is 2. The summed E-state index contributed by atoms with van der Waals surface area (Å²) in [4.78, 5) is 2.44. The van der Waals surface area contributed by atoms with E-state index in [1.54, 1.807) is 0 Å². The van der Waals surface area contributed by atoms with Crippen molar-refractivity contribution in [1.82, 2.24) is 0 Å². The molecule has 0 aliphatic heterocycles. The number of para-hydroxylation sites is 1. The summed E-state index contributed by atoms with van der Waals surface area (Å²) >= 11 is 0. The average Bonchev–Trinajstić information content (AvgIpc) is 3.83. The van der Waals surface area contributed by atoms with Gasteiger partial charge in [0.15, 0.2) is 0 Å². The predicted molar refractivity (Wildman–Crippen MR) is 223 cm³/mol. The lowest BCUT2D eigenvalue weighted by Crippen LogP contribution is -2.28. The lowest BCUT2D eigenvalue weighted by Gasteiger charge is -2.34. The first-order valence-corrected chi connectivity index (χ1v) is 18.9. The minimum atomic E-state index is -0.546. The standard InChI is InChI=1S/C52H37NO/c1-51(2)41-24-12-11-23-39(41)49-44(51)27-15-29-46(49)53(35-19-7-4-8-20-35)36-31-32-47-40(33-36)50-45(28-16-30-48(50)54-47)52(34-17-5-3-6-18-34)42-25-13-9-21-37(42)38-22-10-14-26-43(38)52/h3-33H,1-2H3. The van der Waals surface area contributed by atoms with Crippen LogP contribution in [-0.4, -0.2) is 0 Å². The normalized spacial score (nSPS) is 14.4. The molecule has 2 aliphatic rings.